The fourth-order valence-electron chi connectivity index (χ4n) is 1.94. The maximum absolute atomic E-state index is 13.9. The van der Waals surface area contributed by atoms with E-state index in [4.69, 9.17) is 11.6 Å². The molecule has 0 saturated heterocycles. The smallest absolute Gasteiger partial charge is 0.308 e. The van der Waals surface area contributed by atoms with Gasteiger partial charge in [0, 0.05) is 16.8 Å². The van der Waals surface area contributed by atoms with Crippen molar-refractivity contribution in [3.8, 4) is 0 Å². The Morgan fingerprint density at radius 3 is 2.38 bits per heavy atom. The Morgan fingerprint density at radius 2 is 1.90 bits per heavy atom. The number of pyridine rings is 1. The molecule has 1 heterocycles. The van der Waals surface area contributed by atoms with Gasteiger partial charge in [0.15, 0.2) is 0 Å². The first-order valence-electron chi connectivity index (χ1n) is 5.98. The molecule has 112 valence electrons. The molecule has 1 aromatic heterocycles. The predicted octanol–water partition coefficient (Wildman–Crippen LogP) is 4.20. The lowest BCUT2D eigenvalue weighted by Crippen LogP contribution is -2.20. The Balaban J connectivity index is 2.37. The summed E-state index contributed by atoms with van der Waals surface area (Å²) in [6.45, 7) is 0. The van der Waals surface area contributed by atoms with Crippen molar-refractivity contribution in [3.63, 3.8) is 0 Å². The Kier molecular flexibility index (Phi) is 4.49. The molecule has 7 heteroatoms. The van der Waals surface area contributed by atoms with Gasteiger partial charge in [0.05, 0.1) is 17.3 Å². The van der Waals surface area contributed by atoms with Gasteiger partial charge >= 0.3 is 6.18 Å². The zero-order valence-electron chi connectivity index (χ0n) is 10.9. The van der Waals surface area contributed by atoms with E-state index in [1.807, 2.05) is 0 Å². The molecular weight excluding hydrogens is 308 g/mol. The highest BCUT2D eigenvalue weighted by Crippen LogP contribution is 2.30. The molecule has 0 spiro atoms. The topological polar surface area (TPSA) is 24.9 Å². The first-order chi connectivity index (χ1) is 9.82. The predicted molar refractivity (Wildman–Crippen MR) is 71.6 cm³/mol. The van der Waals surface area contributed by atoms with Crippen LogP contribution in [0.5, 0.6) is 0 Å². The van der Waals surface area contributed by atoms with Crippen molar-refractivity contribution in [1.29, 1.82) is 0 Å². The largest absolute Gasteiger partial charge is 0.417 e. The average Bonchev–Trinajstić information content (AvgIpc) is 2.41. The Morgan fingerprint density at radius 1 is 1.19 bits per heavy atom. The minimum Gasteiger partial charge on any atom is -0.308 e. The monoisotopic (exact) mass is 318 g/mol. The Labute approximate surface area is 123 Å². The SMILES string of the molecule is CNC(c1ccc(C(F)(F)F)cn1)c1ccc(Cl)cc1F. The zero-order valence-corrected chi connectivity index (χ0v) is 11.6. The van der Waals surface area contributed by atoms with Gasteiger partial charge < -0.3 is 5.32 Å². The molecule has 2 nitrogen and oxygen atoms in total. The fourth-order valence-corrected chi connectivity index (χ4v) is 2.10. The van der Waals surface area contributed by atoms with Gasteiger partial charge in [-0.2, -0.15) is 13.2 Å². The first kappa shape index (κ1) is 15.7. The van der Waals surface area contributed by atoms with Crippen LogP contribution in [0, 0.1) is 5.82 Å². The third kappa shape index (κ3) is 3.51. The molecule has 0 aliphatic heterocycles. The van der Waals surface area contributed by atoms with E-state index in [2.05, 4.69) is 10.3 Å². The molecule has 1 atom stereocenters. The van der Waals surface area contributed by atoms with E-state index in [9.17, 15) is 17.6 Å². The molecule has 0 aliphatic rings. The highest BCUT2D eigenvalue weighted by Gasteiger charge is 2.31. The van der Waals surface area contributed by atoms with E-state index in [1.54, 1.807) is 7.05 Å². The normalized spacial score (nSPS) is 13.2. The number of alkyl halides is 3. The lowest BCUT2D eigenvalue weighted by molar-refractivity contribution is -0.137. The van der Waals surface area contributed by atoms with Gasteiger partial charge in [-0.05, 0) is 31.3 Å². The molecule has 0 saturated carbocycles. The molecule has 2 rings (SSSR count). The van der Waals surface area contributed by atoms with Gasteiger partial charge in [-0.3, -0.25) is 4.98 Å². The molecular formula is C14H11ClF4N2. The van der Waals surface area contributed by atoms with Crippen molar-refractivity contribution in [3.05, 3.63) is 64.2 Å². The summed E-state index contributed by atoms with van der Waals surface area (Å²) in [6, 6.07) is 5.60. The third-order valence-corrected chi connectivity index (χ3v) is 3.21. The van der Waals surface area contributed by atoms with Crippen LogP contribution in [0.25, 0.3) is 0 Å². The summed E-state index contributed by atoms with van der Waals surface area (Å²) < 4.78 is 51.4. The maximum atomic E-state index is 13.9. The van der Waals surface area contributed by atoms with Crippen molar-refractivity contribution >= 4 is 11.6 Å². The molecule has 1 N–H and O–H groups in total. The summed E-state index contributed by atoms with van der Waals surface area (Å²) in [7, 11) is 1.57. The molecule has 21 heavy (non-hydrogen) atoms. The minimum absolute atomic E-state index is 0.242. The van der Waals surface area contributed by atoms with E-state index in [0.717, 1.165) is 18.3 Å². The number of halogens is 5. The zero-order chi connectivity index (χ0) is 15.6. The second kappa shape index (κ2) is 5.99. The van der Waals surface area contributed by atoms with E-state index in [0.29, 0.717) is 0 Å². The standard InChI is InChI=1S/C14H11ClF4N2/c1-20-13(10-4-3-9(15)6-11(10)16)12-5-2-8(7-21-12)14(17,18)19/h2-7,13,20H,1H3. The van der Waals surface area contributed by atoms with Gasteiger partial charge in [-0.25, -0.2) is 4.39 Å². The van der Waals surface area contributed by atoms with Gasteiger partial charge in [0.25, 0.3) is 0 Å². The fraction of sp³-hybridized carbons (Fsp3) is 0.214. The minimum atomic E-state index is -4.45. The third-order valence-electron chi connectivity index (χ3n) is 2.97. The summed E-state index contributed by atoms with van der Waals surface area (Å²) in [5, 5.41) is 3.07. The Bertz CT molecular complexity index is 626. The highest BCUT2D eigenvalue weighted by atomic mass is 35.5. The number of hydrogen-bond acceptors (Lipinski definition) is 2. The van der Waals surface area contributed by atoms with Crippen molar-refractivity contribution < 1.29 is 17.6 Å². The van der Waals surface area contributed by atoms with Crippen LogP contribution in [0.4, 0.5) is 17.6 Å². The first-order valence-corrected chi connectivity index (χ1v) is 6.36. The Hall–Kier alpha value is -1.66. The molecule has 0 amide bonds. The van der Waals surface area contributed by atoms with Gasteiger partial charge in [0.2, 0.25) is 0 Å². The van der Waals surface area contributed by atoms with Crippen molar-refractivity contribution in [2.45, 2.75) is 12.2 Å². The molecule has 2 aromatic rings. The van der Waals surface area contributed by atoms with Crippen LogP contribution in [-0.2, 0) is 6.18 Å². The average molecular weight is 319 g/mol. The number of nitrogens with one attached hydrogen (secondary N) is 1. The van der Waals surface area contributed by atoms with Gasteiger partial charge in [-0.15, -0.1) is 0 Å². The lowest BCUT2D eigenvalue weighted by Gasteiger charge is -2.17. The van der Waals surface area contributed by atoms with Crippen molar-refractivity contribution in [2.75, 3.05) is 7.05 Å². The van der Waals surface area contributed by atoms with Crippen LogP contribution < -0.4 is 5.32 Å². The second-order valence-corrected chi connectivity index (χ2v) is 4.79. The second-order valence-electron chi connectivity index (χ2n) is 4.36. The number of benzene rings is 1. The lowest BCUT2D eigenvalue weighted by atomic mass is 10.0. The van der Waals surface area contributed by atoms with E-state index < -0.39 is 23.6 Å². The van der Waals surface area contributed by atoms with Crippen LogP contribution >= 0.6 is 11.6 Å². The summed E-state index contributed by atoms with van der Waals surface area (Å²) in [4.78, 5) is 3.77. The van der Waals surface area contributed by atoms with Gasteiger partial charge in [-0.1, -0.05) is 17.7 Å². The number of nitrogens with zero attached hydrogens (tertiary/aromatic N) is 1. The number of aromatic nitrogens is 1. The molecule has 0 radical (unpaired) electrons. The number of rotatable bonds is 3. The van der Waals surface area contributed by atoms with E-state index >= 15 is 0 Å². The van der Waals surface area contributed by atoms with Crippen LogP contribution in [0.15, 0.2) is 36.5 Å². The van der Waals surface area contributed by atoms with E-state index in [1.165, 1.54) is 18.2 Å². The van der Waals surface area contributed by atoms with Gasteiger partial charge in [0.1, 0.15) is 5.82 Å². The van der Waals surface area contributed by atoms with Crippen LogP contribution in [-0.4, -0.2) is 12.0 Å². The summed E-state index contributed by atoms with van der Waals surface area (Å²) in [5.74, 6) is -0.552. The van der Waals surface area contributed by atoms with Crippen LogP contribution in [0.2, 0.25) is 5.02 Å². The summed E-state index contributed by atoms with van der Waals surface area (Å²) in [6.07, 6.45) is -3.72. The van der Waals surface area contributed by atoms with Crippen molar-refractivity contribution in [2.24, 2.45) is 0 Å². The molecule has 0 bridgehead atoms. The quantitative estimate of drug-likeness (QED) is 0.858. The maximum Gasteiger partial charge on any atom is 0.417 e. The van der Waals surface area contributed by atoms with Crippen molar-refractivity contribution in [1.82, 2.24) is 10.3 Å². The molecule has 0 aliphatic carbocycles. The van der Waals surface area contributed by atoms with Crippen LogP contribution in [0.1, 0.15) is 22.9 Å². The summed E-state index contributed by atoms with van der Waals surface area (Å²) in [5.41, 5.74) is -0.307. The van der Waals surface area contributed by atoms with Crippen LogP contribution in [0.3, 0.4) is 0 Å². The molecule has 1 unspecified atom stereocenters. The van der Waals surface area contributed by atoms with E-state index in [-0.39, 0.29) is 16.3 Å². The number of hydrogen-bond donors (Lipinski definition) is 1. The molecule has 0 fully saturated rings. The summed E-state index contributed by atoms with van der Waals surface area (Å²) >= 11 is 5.68. The highest BCUT2D eigenvalue weighted by molar-refractivity contribution is 6.30. The molecule has 1 aromatic carbocycles.